The second kappa shape index (κ2) is 2.76. The minimum Gasteiger partial charge on any atom is -0.403 e. The van der Waals surface area contributed by atoms with Crippen LogP contribution in [-0.2, 0) is 0 Å². The van der Waals surface area contributed by atoms with Crippen molar-refractivity contribution in [3.05, 3.63) is 11.9 Å². The number of likely N-dealkylation sites (tertiary alicyclic amines) is 1. The molecule has 0 aromatic heterocycles. The molecule has 0 bridgehead atoms. The minimum atomic E-state index is 1.10. The molecular formula is C7H14N2. The van der Waals surface area contributed by atoms with Gasteiger partial charge in [-0.3, -0.25) is 0 Å². The molecular weight excluding hydrogens is 112 g/mol. The Morgan fingerprint density at radius 3 is 3.00 bits per heavy atom. The third-order valence-corrected chi connectivity index (χ3v) is 1.84. The number of nitrogens with two attached hydrogens (primary N) is 1. The third-order valence-electron chi connectivity index (χ3n) is 1.84. The average Bonchev–Trinajstić information content (AvgIpc) is 2.33. The van der Waals surface area contributed by atoms with Gasteiger partial charge in [-0.2, -0.15) is 0 Å². The van der Waals surface area contributed by atoms with Crippen LogP contribution in [0.15, 0.2) is 11.9 Å². The fourth-order valence-corrected chi connectivity index (χ4v) is 1.30. The maximum absolute atomic E-state index is 5.40. The van der Waals surface area contributed by atoms with E-state index in [9.17, 15) is 0 Å². The van der Waals surface area contributed by atoms with Crippen LogP contribution in [-0.4, -0.2) is 18.0 Å². The first kappa shape index (κ1) is 6.46. The van der Waals surface area contributed by atoms with E-state index in [2.05, 4.69) is 11.8 Å². The molecule has 1 aliphatic heterocycles. The number of hydrogen-bond acceptors (Lipinski definition) is 2. The van der Waals surface area contributed by atoms with Crippen LogP contribution in [0.4, 0.5) is 0 Å². The van der Waals surface area contributed by atoms with E-state index in [4.69, 9.17) is 5.73 Å². The van der Waals surface area contributed by atoms with Crippen LogP contribution in [0.2, 0.25) is 0 Å². The SMILES string of the molecule is CCN1CCC/C1=C/N. The number of nitrogens with zero attached hydrogens (tertiary/aromatic N) is 1. The lowest BCUT2D eigenvalue weighted by atomic mass is 10.3. The van der Waals surface area contributed by atoms with Crippen molar-refractivity contribution in [1.82, 2.24) is 4.90 Å². The van der Waals surface area contributed by atoms with Gasteiger partial charge in [-0.05, 0) is 19.8 Å². The first-order valence-electron chi connectivity index (χ1n) is 3.54. The highest BCUT2D eigenvalue weighted by atomic mass is 15.1. The largest absolute Gasteiger partial charge is 0.403 e. The zero-order valence-electron chi connectivity index (χ0n) is 5.93. The molecule has 0 aliphatic carbocycles. The molecule has 1 fully saturated rings. The summed E-state index contributed by atoms with van der Waals surface area (Å²) < 4.78 is 0. The van der Waals surface area contributed by atoms with E-state index in [1.807, 2.05) is 0 Å². The van der Waals surface area contributed by atoms with Gasteiger partial charge in [0.15, 0.2) is 0 Å². The van der Waals surface area contributed by atoms with Crippen molar-refractivity contribution in [2.45, 2.75) is 19.8 Å². The van der Waals surface area contributed by atoms with Gasteiger partial charge in [0, 0.05) is 25.0 Å². The van der Waals surface area contributed by atoms with E-state index in [0.717, 1.165) is 6.54 Å². The highest BCUT2D eigenvalue weighted by molar-refractivity contribution is 5.03. The molecule has 0 spiro atoms. The van der Waals surface area contributed by atoms with Crippen LogP contribution >= 0.6 is 0 Å². The predicted molar refractivity (Wildman–Crippen MR) is 38.8 cm³/mol. The number of hydrogen-bond donors (Lipinski definition) is 1. The minimum absolute atomic E-state index is 1.10. The lowest BCUT2D eigenvalue weighted by Crippen LogP contribution is -2.17. The van der Waals surface area contributed by atoms with Gasteiger partial charge in [0.2, 0.25) is 0 Å². The molecule has 1 aliphatic rings. The summed E-state index contributed by atoms with van der Waals surface area (Å²) >= 11 is 0. The molecule has 1 heterocycles. The summed E-state index contributed by atoms with van der Waals surface area (Å²) in [5, 5.41) is 0. The summed E-state index contributed by atoms with van der Waals surface area (Å²) in [4.78, 5) is 2.32. The molecule has 9 heavy (non-hydrogen) atoms. The van der Waals surface area contributed by atoms with Crippen molar-refractivity contribution in [3.63, 3.8) is 0 Å². The topological polar surface area (TPSA) is 29.3 Å². The molecule has 0 saturated carbocycles. The zero-order valence-corrected chi connectivity index (χ0v) is 5.93. The Bertz CT molecular complexity index is 118. The zero-order chi connectivity index (χ0) is 6.69. The maximum Gasteiger partial charge on any atom is 0.0290 e. The van der Waals surface area contributed by atoms with Crippen LogP contribution in [0, 0.1) is 0 Å². The molecule has 0 unspecified atom stereocenters. The molecule has 1 saturated heterocycles. The molecule has 2 nitrogen and oxygen atoms in total. The van der Waals surface area contributed by atoms with Crippen molar-refractivity contribution >= 4 is 0 Å². The molecule has 2 heteroatoms. The molecule has 0 aromatic carbocycles. The van der Waals surface area contributed by atoms with E-state index >= 15 is 0 Å². The molecule has 52 valence electrons. The summed E-state index contributed by atoms with van der Waals surface area (Å²) in [5.74, 6) is 0. The van der Waals surface area contributed by atoms with Gasteiger partial charge < -0.3 is 10.6 Å². The van der Waals surface area contributed by atoms with Gasteiger partial charge in [-0.15, -0.1) is 0 Å². The van der Waals surface area contributed by atoms with Crippen molar-refractivity contribution < 1.29 is 0 Å². The van der Waals surface area contributed by atoms with Gasteiger partial charge in [-0.25, -0.2) is 0 Å². The second-order valence-electron chi connectivity index (χ2n) is 2.34. The summed E-state index contributed by atoms with van der Waals surface area (Å²) in [5.41, 5.74) is 6.71. The lowest BCUT2D eigenvalue weighted by molar-refractivity contribution is 0.414. The summed E-state index contributed by atoms with van der Waals surface area (Å²) in [6.45, 7) is 4.46. The highest BCUT2D eigenvalue weighted by Gasteiger charge is 2.13. The first-order chi connectivity index (χ1) is 4.38. The molecule has 0 radical (unpaired) electrons. The van der Waals surface area contributed by atoms with Crippen LogP contribution in [0.25, 0.3) is 0 Å². The van der Waals surface area contributed by atoms with Gasteiger partial charge in [0.1, 0.15) is 0 Å². The van der Waals surface area contributed by atoms with Crippen LogP contribution in [0.1, 0.15) is 19.8 Å². The Morgan fingerprint density at radius 2 is 2.56 bits per heavy atom. The van der Waals surface area contributed by atoms with Crippen LogP contribution < -0.4 is 5.73 Å². The average molecular weight is 126 g/mol. The third kappa shape index (κ3) is 1.18. The molecule has 1 rings (SSSR count). The van der Waals surface area contributed by atoms with E-state index in [-0.39, 0.29) is 0 Å². The van der Waals surface area contributed by atoms with Crippen molar-refractivity contribution in [2.75, 3.05) is 13.1 Å². The quantitative estimate of drug-likeness (QED) is 0.565. The van der Waals surface area contributed by atoms with E-state index < -0.39 is 0 Å². The lowest BCUT2D eigenvalue weighted by Gasteiger charge is -2.15. The van der Waals surface area contributed by atoms with Gasteiger partial charge >= 0.3 is 0 Å². The monoisotopic (exact) mass is 126 g/mol. The van der Waals surface area contributed by atoms with E-state index in [0.29, 0.717) is 0 Å². The molecule has 0 aromatic rings. The Balaban J connectivity index is 2.52. The second-order valence-corrected chi connectivity index (χ2v) is 2.34. The fourth-order valence-electron chi connectivity index (χ4n) is 1.30. The van der Waals surface area contributed by atoms with Gasteiger partial charge in [0.25, 0.3) is 0 Å². The Morgan fingerprint density at radius 1 is 1.78 bits per heavy atom. The molecule has 2 N–H and O–H groups in total. The van der Waals surface area contributed by atoms with Gasteiger partial charge in [0.05, 0.1) is 0 Å². The van der Waals surface area contributed by atoms with Gasteiger partial charge in [-0.1, -0.05) is 0 Å². The smallest absolute Gasteiger partial charge is 0.0290 e. The number of rotatable bonds is 1. The predicted octanol–water partition coefficient (Wildman–Crippen LogP) is 0.902. The first-order valence-corrected chi connectivity index (χ1v) is 3.54. The molecule has 0 atom stereocenters. The van der Waals surface area contributed by atoms with Crippen molar-refractivity contribution in [3.8, 4) is 0 Å². The van der Waals surface area contributed by atoms with Crippen molar-refractivity contribution in [1.29, 1.82) is 0 Å². The Kier molecular flexibility index (Phi) is 1.98. The Labute approximate surface area is 56.3 Å². The number of allylic oxidation sites excluding steroid dienone is 1. The summed E-state index contributed by atoms with van der Waals surface area (Å²) in [6.07, 6.45) is 4.18. The normalized spacial score (nSPS) is 23.7. The summed E-state index contributed by atoms with van der Waals surface area (Å²) in [7, 11) is 0. The van der Waals surface area contributed by atoms with Crippen molar-refractivity contribution in [2.24, 2.45) is 5.73 Å². The van der Waals surface area contributed by atoms with Crippen LogP contribution in [0.5, 0.6) is 0 Å². The molecule has 0 amide bonds. The van der Waals surface area contributed by atoms with E-state index in [1.54, 1.807) is 6.20 Å². The van der Waals surface area contributed by atoms with E-state index in [1.165, 1.54) is 25.1 Å². The maximum atomic E-state index is 5.40. The highest BCUT2D eigenvalue weighted by Crippen LogP contribution is 2.18. The fraction of sp³-hybridized carbons (Fsp3) is 0.714. The Hall–Kier alpha value is -0.660. The standard InChI is InChI=1S/C7H14N2/c1-2-9-5-3-4-7(9)6-8/h6H,2-5,8H2,1H3/b7-6-. The summed E-state index contributed by atoms with van der Waals surface area (Å²) in [6, 6.07) is 0. The van der Waals surface area contributed by atoms with Crippen LogP contribution in [0.3, 0.4) is 0 Å².